The molecule has 1 unspecified atom stereocenters. The van der Waals surface area contributed by atoms with E-state index in [2.05, 4.69) is 0 Å². The van der Waals surface area contributed by atoms with Crippen LogP contribution >= 0.6 is 0 Å². The fourth-order valence-electron chi connectivity index (χ4n) is 0.883. The van der Waals surface area contributed by atoms with Crippen LogP contribution in [0.25, 0.3) is 0 Å². The van der Waals surface area contributed by atoms with Gasteiger partial charge in [0, 0.05) is 12.1 Å². The van der Waals surface area contributed by atoms with Crippen LogP contribution < -0.4 is 34.0 Å². The van der Waals surface area contributed by atoms with Gasteiger partial charge in [-0.25, -0.2) is 4.57 Å². The smallest absolute Gasteiger partial charge is 0.168 e. The number of pyridine rings is 1. The molecule has 13 heavy (non-hydrogen) atoms. The highest BCUT2D eigenvalue weighted by Crippen LogP contribution is 2.07. The van der Waals surface area contributed by atoms with Gasteiger partial charge in [-0.3, -0.25) is 0 Å². The summed E-state index contributed by atoms with van der Waals surface area (Å²) in [6.45, 7) is 0. The average molecular weight is 291 g/mol. The Kier molecular flexibility index (Phi) is 5.53. The van der Waals surface area contributed by atoms with Crippen molar-refractivity contribution in [3.8, 4) is 6.07 Å². The van der Waals surface area contributed by atoms with Crippen molar-refractivity contribution in [1.29, 1.82) is 5.26 Å². The van der Waals surface area contributed by atoms with Gasteiger partial charge in [-0.05, 0) is 5.56 Å². The van der Waals surface area contributed by atoms with Crippen molar-refractivity contribution >= 4 is 0 Å². The molecule has 0 saturated carbocycles. The van der Waals surface area contributed by atoms with Crippen molar-refractivity contribution in [3.63, 3.8) is 0 Å². The number of hydrogen-bond acceptors (Lipinski definition) is 3. The molecular weight excluding hydrogens is 281 g/mol. The molecular formula is C8H10IN3O. The Bertz CT molecular complexity index is 293. The van der Waals surface area contributed by atoms with Gasteiger partial charge in [-0.15, -0.1) is 0 Å². The van der Waals surface area contributed by atoms with Gasteiger partial charge < -0.3 is 29.2 Å². The van der Waals surface area contributed by atoms with Crippen LogP contribution in [-0.2, 0) is 7.05 Å². The number of aryl methyl sites for hydroxylation is 1. The lowest BCUT2D eigenvalue weighted by Gasteiger charge is -2.03. The number of nitriles is 1. The molecule has 0 aliphatic rings. The van der Waals surface area contributed by atoms with Crippen LogP contribution in [0.2, 0.25) is 0 Å². The maximum atomic E-state index is 8.57. The zero-order valence-electron chi connectivity index (χ0n) is 7.11. The average Bonchev–Trinajstić information content (AvgIpc) is 2.10. The summed E-state index contributed by atoms with van der Waals surface area (Å²) >= 11 is 0. The van der Waals surface area contributed by atoms with Crippen LogP contribution in [0.1, 0.15) is 11.6 Å². The number of aromatic nitrogens is 1. The monoisotopic (exact) mass is 291 g/mol. The molecule has 0 aliphatic carbocycles. The maximum Gasteiger partial charge on any atom is 0.168 e. The molecule has 1 aromatic rings. The molecule has 1 aromatic heterocycles. The zero-order chi connectivity index (χ0) is 8.97. The lowest BCUT2D eigenvalue weighted by Crippen LogP contribution is -3.00. The molecule has 70 valence electrons. The van der Waals surface area contributed by atoms with Crippen molar-refractivity contribution in [2.24, 2.45) is 7.05 Å². The second-order valence-corrected chi connectivity index (χ2v) is 2.49. The van der Waals surface area contributed by atoms with Gasteiger partial charge in [0.05, 0.1) is 6.07 Å². The number of hydroxylamine groups is 1. The van der Waals surface area contributed by atoms with Gasteiger partial charge in [0.15, 0.2) is 12.4 Å². The van der Waals surface area contributed by atoms with E-state index in [0.717, 1.165) is 5.56 Å². The quantitative estimate of drug-likeness (QED) is 0.348. The molecule has 0 radical (unpaired) electrons. The van der Waals surface area contributed by atoms with Gasteiger partial charge in [0.2, 0.25) is 0 Å². The van der Waals surface area contributed by atoms with Crippen molar-refractivity contribution in [1.82, 2.24) is 5.48 Å². The van der Waals surface area contributed by atoms with Crippen LogP contribution in [0.3, 0.4) is 0 Å². The molecule has 0 aliphatic heterocycles. The van der Waals surface area contributed by atoms with E-state index in [-0.39, 0.29) is 24.0 Å². The van der Waals surface area contributed by atoms with Crippen molar-refractivity contribution in [2.45, 2.75) is 6.04 Å². The van der Waals surface area contributed by atoms with Crippen LogP contribution in [0, 0.1) is 11.3 Å². The van der Waals surface area contributed by atoms with E-state index in [0.29, 0.717) is 0 Å². The number of nitrogens with zero attached hydrogens (tertiary/aromatic N) is 2. The van der Waals surface area contributed by atoms with E-state index < -0.39 is 6.04 Å². The normalized spacial score (nSPS) is 11.2. The largest absolute Gasteiger partial charge is 1.00 e. The fourth-order valence-corrected chi connectivity index (χ4v) is 0.883. The summed E-state index contributed by atoms with van der Waals surface area (Å²) in [6, 6.07) is 4.82. The maximum absolute atomic E-state index is 8.57. The highest BCUT2D eigenvalue weighted by atomic mass is 127. The lowest BCUT2D eigenvalue weighted by atomic mass is 10.1. The Balaban J connectivity index is 0.00000144. The predicted molar refractivity (Wildman–Crippen MR) is 40.9 cm³/mol. The van der Waals surface area contributed by atoms with Crippen molar-refractivity contribution < 1.29 is 33.8 Å². The Morgan fingerprint density at radius 2 is 2.08 bits per heavy atom. The molecule has 0 bridgehead atoms. The van der Waals surface area contributed by atoms with Gasteiger partial charge in [0.25, 0.3) is 0 Å². The summed E-state index contributed by atoms with van der Waals surface area (Å²) in [7, 11) is 1.89. The van der Waals surface area contributed by atoms with Gasteiger partial charge in [-0.1, -0.05) is 0 Å². The minimum absolute atomic E-state index is 0. The first-order chi connectivity index (χ1) is 5.77. The van der Waals surface area contributed by atoms with Gasteiger partial charge in [0.1, 0.15) is 13.1 Å². The third-order valence-corrected chi connectivity index (χ3v) is 1.60. The number of rotatable bonds is 2. The number of hydrogen-bond donors (Lipinski definition) is 2. The number of nitrogens with one attached hydrogen (secondary N) is 1. The standard InChI is InChI=1S/C8H10N3O.HI/c1-11-4-2-7(3-5-11)8(6-9)10-12;/h2-5,8,10,12H,1H3;1H/q+1;/p-1. The summed E-state index contributed by atoms with van der Waals surface area (Å²) in [5.74, 6) is 0. The summed E-state index contributed by atoms with van der Waals surface area (Å²) in [6.07, 6.45) is 3.63. The Labute approximate surface area is 93.8 Å². The second kappa shape index (κ2) is 5.85. The highest BCUT2D eigenvalue weighted by Gasteiger charge is 2.08. The first-order valence-corrected chi connectivity index (χ1v) is 3.52. The minimum atomic E-state index is -0.647. The zero-order valence-corrected chi connectivity index (χ0v) is 9.26. The van der Waals surface area contributed by atoms with E-state index in [1.807, 2.05) is 35.6 Å². The highest BCUT2D eigenvalue weighted by molar-refractivity contribution is 5.18. The van der Waals surface area contributed by atoms with E-state index >= 15 is 0 Å². The molecule has 1 heterocycles. The summed E-state index contributed by atoms with van der Waals surface area (Å²) in [4.78, 5) is 0. The van der Waals surface area contributed by atoms with E-state index in [1.54, 1.807) is 12.1 Å². The molecule has 1 atom stereocenters. The SMILES string of the molecule is C[n+]1ccc(C(C#N)NO)cc1.[I-]. The summed E-state index contributed by atoms with van der Waals surface area (Å²) < 4.78 is 1.86. The first-order valence-electron chi connectivity index (χ1n) is 3.52. The Morgan fingerprint density at radius 1 is 1.54 bits per heavy atom. The topological polar surface area (TPSA) is 59.9 Å². The molecule has 0 amide bonds. The van der Waals surface area contributed by atoms with Crippen molar-refractivity contribution in [2.75, 3.05) is 0 Å². The van der Waals surface area contributed by atoms with Gasteiger partial charge in [-0.2, -0.15) is 10.7 Å². The number of halogens is 1. The van der Waals surface area contributed by atoms with E-state index in [9.17, 15) is 0 Å². The minimum Gasteiger partial charge on any atom is -1.00 e. The van der Waals surface area contributed by atoms with E-state index in [1.165, 1.54) is 0 Å². The second-order valence-electron chi connectivity index (χ2n) is 2.49. The summed E-state index contributed by atoms with van der Waals surface area (Å²) in [5, 5.41) is 17.1. The van der Waals surface area contributed by atoms with Crippen LogP contribution in [0.5, 0.6) is 0 Å². The predicted octanol–water partition coefficient (Wildman–Crippen LogP) is -2.94. The molecule has 2 N–H and O–H groups in total. The summed E-state index contributed by atoms with van der Waals surface area (Å²) in [5.41, 5.74) is 2.67. The third kappa shape index (κ3) is 3.26. The first kappa shape index (κ1) is 12.3. The Hall–Kier alpha value is -0.710. The fraction of sp³-hybridized carbons (Fsp3) is 0.250. The molecule has 0 aromatic carbocycles. The molecule has 0 spiro atoms. The van der Waals surface area contributed by atoms with E-state index in [4.69, 9.17) is 10.5 Å². The van der Waals surface area contributed by atoms with Crippen LogP contribution in [0.15, 0.2) is 24.5 Å². The molecule has 1 rings (SSSR count). The van der Waals surface area contributed by atoms with Gasteiger partial charge >= 0.3 is 0 Å². The molecule has 0 fully saturated rings. The molecule has 4 nitrogen and oxygen atoms in total. The van der Waals surface area contributed by atoms with Crippen LogP contribution in [-0.4, -0.2) is 5.21 Å². The lowest BCUT2D eigenvalue weighted by molar-refractivity contribution is -0.671. The molecule has 5 heteroatoms. The third-order valence-electron chi connectivity index (χ3n) is 1.60. The van der Waals surface area contributed by atoms with Crippen LogP contribution in [0.4, 0.5) is 0 Å². The van der Waals surface area contributed by atoms with Crippen molar-refractivity contribution in [3.05, 3.63) is 30.1 Å². The Morgan fingerprint density at radius 3 is 2.46 bits per heavy atom. The molecule has 0 saturated heterocycles.